The number of carbonyl (C=O) groups is 3. The first kappa shape index (κ1) is 50.8. The molecule has 0 aliphatic carbocycles. The predicted octanol–water partition coefficient (Wildman–Crippen LogP) is 5.85. The van der Waals surface area contributed by atoms with Gasteiger partial charge in [-0.3, -0.25) is 14.5 Å². The summed E-state index contributed by atoms with van der Waals surface area (Å²) >= 11 is 12.5. The summed E-state index contributed by atoms with van der Waals surface area (Å²) in [4.78, 5) is 45.3. The average Bonchev–Trinajstić information content (AvgIpc) is 3.49. The van der Waals surface area contributed by atoms with E-state index >= 15 is 0 Å². The van der Waals surface area contributed by atoms with Crippen molar-refractivity contribution in [2.45, 2.75) is 186 Å². The second-order valence-electron chi connectivity index (χ2n) is 18.8. The summed E-state index contributed by atoms with van der Waals surface area (Å²) in [5.74, 6) is -4.11. The van der Waals surface area contributed by atoms with Crippen LogP contribution in [0.4, 0.5) is 4.79 Å². The van der Waals surface area contributed by atoms with Crippen LogP contribution < -0.4 is 5.73 Å². The van der Waals surface area contributed by atoms with Crippen LogP contribution in [0.1, 0.15) is 100 Å². The maximum Gasteiger partial charge on any atom is 0.410 e. The molecule has 4 saturated heterocycles. The number of esters is 1. The second kappa shape index (κ2) is 20.2. The molecule has 15 nitrogen and oxygen atoms in total. The molecule has 18 atom stereocenters. The van der Waals surface area contributed by atoms with Crippen LogP contribution in [0.15, 0.2) is 18.2 Å². The summed E-state index contributed by atoms with van der Waals surface area (Å²) < 4.78 is 50.9. The summed E-state index contributed by atoms with van der Waals surface area (Å²) in [6, 6.07) is 3.73. The number of cyclic esters (lactones) is 1. The predicted molar refractivity (Wildman–Crippen MR) is 230 cm³/mol. The molecule has 4 aliphatic heterocycles. The minimum Gasteiger partial charge on any atom is -0.458 e. The van der Waals surface area contributed by atoms with Gasteiger partial charge in [0.2, 0.25) is 0 Å². The summed E-state index contributed by atoms with van der Waals surface area (Å²) in [5.41, 5.74) is 3.39. The summed E-state index contributed by atoms with van der Waals surface area (Å²) in [6.07, 6.45) is -7.85. The molecule has 0 spiro atoms. The van der Waals surface area contributed by atoms with Gasteiger partial charge in [0.05, 0.1) is 57.6 Å². The number of halogens is 2. The van der Waals surface area contributed by atoms with Gasteiger partial charge in [-0.05, 0) is 84.9 Å². The maximum absolute atomic E-state index is 14.9. The van der Waals surface area contributed by atoms with Gasteiger partial charge in [-0.1, -0.05) is 57.0 Å². The molecule has 0 aromatic heterocycles. The van der Waals surface area contributed by atoms with E-state index in [-0.39, 0.29) is 37.7 Å². The number of Topliss-reactive ketones (excluding diaryl/α,β-unsaturated/α-hetero) is 1. The molecule has 17 heteroatoms. The smallest absolute Gasteiger partial charge is 0.410 e. The number of carbonyl (C=O) groups excluding carboxylic acids is 3. The largest absolute Gasteiger partial charge is 0.458 e. The van der Waals surface area contributed by atoms with Gasteiger partial charge in [-0.15, -0.1) is 0 Å². The number of methoxy groups -OCH3 is 2. The van der Waals surface area contributed by atoms with Gasteiger partial charge in [0, 0.05) is 51.0 Å². The zero-order chi connectivity index (χ0) is 46.2. The number of nitrogens with zero attached hydrogens (tertiary/aromatic N) is 1. The highest BCUT2D eigenvalue weighted by atomic mass is 35.5. The van der Waals surface area contributed by atoms with Crippen LogP contribution in [0, 0.1) is 23.7 Å². The molecule has 62 heavy (non-hydrogen) atoms. The highest BCUT2D eigenvalue weighted by Gasteiger charge is 2.61. The van der Waals surface area contributed by atoms with Crippen molar-refractivity contribution in [2.75, 3.05) is 20.8 Å². The lowest BCUT2D eigenvalue weighted by atomic mass is 9.73. The molecular formula is C45H70Cl2N2O13. The molecule has 4 N–H and O–H groups in total. The Morgan fingerprint density at radius 1 is 0.903 bits per heavy atom. The molecular weight excluding hydrogens is 847 g/mol. The number of benzene rings is 1. The first-order chi connectivity index (χ1) is 28.9. The molecule has 1 unspecified atom stereocenters. The van der Waals surface area contributed by atoms with Crippen molar-refractivity contribution in [1.29, 1.82) is 0 Å². The average molecular weight is 918 g/mol. The third kappa shape index (κ3) is 10.3. The number of hydrogen-bond donors (Lipinski definition) is 3. The molecule has 0 saturated carbocycles. The fraction of sp³-hybridized carbons (Fsp3) is 0.800. The van der Waals surface area contributed by atoms with Crippen molar-refractivity contribution in [3.05, 3.63) is 33.8 Å². The van der Waals surface area contributed by atoms with Gasteiger partial charge in [0.15, 0.2) is 18.2 Å². The van der Waals surface area contributed by atoms with Gasteiger partial charge in [-0.2, -0.15) is 0 Å². The van der Waals surface area contributed by atoms with Crippen LogP contribution in [0.2, 0.25) is 10.0 Å². The second-order valence-corrected chi connectivity index (χ2v) is 19.6. The van der Waals surface area contributed by atoms with E-state index in [9.17, 15) is 24.6 Å². The Labute approximate surface area is 376 Å². The number of aliphatic hydroxyl groups is 2. The van der Waals surface area contributed by atoms with E-state index in [0.717, 1.165) is 5.56 Å². The van der Waals surface area contributed by atoms with Crippen molar-refractivity contribution < 1.29 is 62.5 Å². The number of aliphatic hydroxyl groups excluding tert-OH is 2. The van der Waals surface area contributed by atoms with E-state index in [4.69, 9.17) is 66.8 Å². The molecule has 1 aromatic rings. The van der Waals surface area contributed by atoms with Crippen molar-refractivity contribution in [1.82, 2.24) is 4.90 Å². The van der Waals surface area contributed by atoms with Crippen molar-refractivity contribution in [3.63, 3.8) is 0 Å². The summed E-state index contributed by atoms with van der Waals surface area (Å²) in [5, 5.41) is 23.2. The molecule has 1 amide bonds. The molecule has 352 valence electrons. The molecule has 4 fully saturated rings. The number of ketones is 1. The third-order valence-electron chi connectivity index (χ3n) is 14.2. The van der Waals surface area contributed by atoms with Crippen LogP contribution in [0.25, 0.3) is 0 Å². The minimum absolute atomic E-state index is 0.110. The van der Waals surface area contributed by atoms with Gasteiger partial charge < -0.3 is 53.8 Å². The molecule has 5 rings (SSSR count). The van der Waals surface area contributed by atoms with Gasteiger partial charge >= 0.3 is 12.1 Å². The van der Waals surface area contributed by atoms with Gasteiger partial charge in [0.1, 0.15) is 24.1 Å². The number of hydrogen-bond acceptors (Lipinski definition) is 14. The number of nitrogens with two attached hydrogens (primary N) is 1. The first-order valence-corrected chi connectivity index (χ1v) is 22.7. The SMILES string of the molecule is CC[C@H]1OC(=O)[C@H](C)[C@@H](O[C@H]2C[C@@](C)(OC)[C@@H](O)[C@H](C)O2)[C@H](C)[C@@H](O[C@@H]2O[C@H](C)C[C@H](N)[C@H]2O)[C@](C)(OC)C[C@@H](C)C(=O)C(C)[C@H]2N(CCc3ccc(Cl)c(Cl)c3)C(=O)O[C@@]12C. The van der Waals surface area contributed by atoms with Crippen LogP contribution in [-0.2, 0) is 53.9 Å². The quantitative estimate of drug-likeness (QED) is 0.237. The van der Waals surface area contributed by atoms with E-state index in [1.807, 2.05) is 40.7 Å². The monoisotopic (exact) mass is 916 g/mol. The highest BCUT2D eigenvalue weighted by Crippen LogP contribution is 2.45. The van der Waals surface area contributed by atoms with Crippen LogP contribution in [-0.4, -0.2) is 138 Å². The van der Waals surface area contributed by atoms with E-state index in [2.05, 4.69) is 0 Å². The fourth-order valence-electron chi connectivity index (χ4n) is 10.4. The maximum atomic E-state index is 14.9. The minimum atomic E-state index is -1.46. The molecule has 4 aliphatic rings. The summed E-state index contributed by atoms with van der Waals surface area (Å²) in [6.45, 7) is 18.0. The Bertz CT molecular complexity index is 1740. The Morgan fingerprint density at radius 2 is 1.56 bits per heavy atom. The standard InChI is InChI=1S/C45H70Cl2N2O13/c1-13-32-45(10)37(49(42(54)62-45)17-16-28-14-15-29(46)30(47)19-28)24(4)34(50)22(2)20-44(9,56-12)39(61-41-35(51)31(48)18-23(3)57-41)25(5)36(26(6)40(53)59-32)60-33-21-43(8,55-11)38(52)27(7)58-33/h14-15,19,22-27,31-33,35-39,41,51-52H,13,16-18,20-21,48H2,1-12H3/t22-,23-,24?,25+,26-,27+,31+,32-,33+,35-,36+,37-,38+,39-,41+,43-,44-,45+/m1/s1. The summed E-state index contributed by atoms with van der Waals surface area (Å²) in [7, 11) is 3.02. The normalized spacial score (nSPS) is 43.7. The highest BCUT2D eigenvalue weighted by molar-refractivity contribution is 6.42. The molecule has 0 bridgehead atoms. The van der Waals surface area contributed by atoms with Crippen molar-refractivity contribution >= 4 is 41.0 Å². The lowest BCUT2D eigenvalue weighted by Crippen LogP contribution is -2.61. The van der Waals surface area contributed by atoms with Gasteiger partial charge in [0.25, 0.3) is 0 Å². The fourth-order valence-corrected chi connectivity index (χ4v) is 10.7. The Morgan fingerprint density at radius 3 is 2.18 bits per heavy atom. The Balaban J connectivity index is 1.62. The number of fused-ring (bicyclic) bond motifs is 1. The van der Waals surface area contributed by atoms with Gasteiger partial charge in [-0.25, -0.2) is 4.79 Å². The van der Waals surface area contributed by atoms with Crippen molar-refractivity contribution in [2.24, 2.45) is 29.4 Å². The van der Waals surface area contributed by atoms with E-state index in [1.54, 1.807) is 51.7 Å². The van der Waals surface area contributed by atoms with E-state index in [1.165, 1.54) is 14.2 Å². The Hall–Kier alpha value is -2.15. The van der Waals surface area contributed by atoms with E-state index < -0.39 is 114 Å². The number of rotatable bonds is 10. The molecule has 0 radical (unpaired) electrons. The Kier molecular flexibility index (Phi) is 16.5. The molecule has 1 aromatic carbocycles. The first-order valence-electron chi connectivity index (χ1n) is 22.0. The third-order valence-corrected chi connectivity index (χ3v) is 14.9. The van der Waals surface area contributed by atoms with Crippen LogP contribution in [0.5, 0.6) is 0 Å². The zero-order valence-corrected chi connectivity index (χ0v) is 39.8. The lowest BCUT2D eigenvalue weighted by Gasteiger charge is -2.49. The van der Waals surface area contributed by atoms with Crippen LogP contribution >= 0.6 is 23.2 Å². The lowest BCUT2D eigenvalue weighted by molar-refractivity contribution is -0.316. The molecule has 4 heterocycles. The van der Waals surface area contributed by atoms with E-state index in [0.29, 0.717) is 22.9 Å². The number of amides is 1. The topological polar surface area (TPSA) is 195 Å². The zero-order valence-electron chi connectivity index (χ0n) is 38.3. The van der Waals surface area contributed by atoms with Crippen molar-refractivity contribution in [3.8, 4) is 0 Å². The number of ether oxygens (including phenoxy) is 8. The van der Waals surface area contributed by atoms with Crippen LogP contribution in [0.3, 0.4) is 0 Å².